The molecule has 0 aliphatic carbocycles. The maximum Gasteiger partial charge on any atom is 0.315 e. The Hall–Kier alpha value is -3.08. The molecule has 0 aromatic heterocycles. The van der Waals surface area contributed by atoms with E-state index in [0.717, 1.165) is 57.1 Å². The van der Waals surface area contributed by atoms with Gasteiger partial charge in [0, 0.05) is 36.9 Å². The Morgan fingerprint density at radius 3 is 1.96 bits per heavy atom. The highest BCUT2D eigenvalue weighted by Gasteiger charge is 2.42. The summed E-state index contributed by atoms with van der Waals surface area (Å²) in [6.07, 6.45) is 35.0. The van der Waals surface area contributed by atoms with Gasteiger partial charge in [-0.15, -0.1) is 0 Å². The van der Waals surface area contributed by atoms with E-state index in [2.05, 4.69) is 95.0 Å². The standard InChI is InChI=1S/C37H58N4O5S/c1-2-3-4-5-6-7-8-9-10-11-12-13-14-15-16-17-18-19-23-34(42)38-25-27-45-29-30-46-28-26-39-35(43)24-21-20-22-33-36-32(31-47-33)40-37(44)41-36/h3-4,6-7,9-10,12-15,17-18,32-33,36H,2,5,8,11,16,19-31H2,1H3,(H,38,42)(H,39,43)(H2,40,41,44)/b4-3-,7-6-,10-9-,13-12+,15-14-,18-17-/t32-,33-,36-/m0/s1. The zero-order chi connectivity index (χ0) is 33.6. The molecule has 0 bridgehead atoms. The minimum absolute atomic E-state index is 0.0197. The highest BCUT2D eigenvalue weighted by Crippen LogP contribution is 2.33. The monoisotopic (exact) mass is 670 g/mol. The van der Waals surface area contributed by atoms with Crippen LogP contribution in [0.15, 0.2) is 72.9 Å². The third-order valence-electron chi connectivity index (χ3n) is 7.50. The zero-order valence-electron chi connectivity index (χ0n) is 28.3. The van der Waals surface area contributed by atoms with Crippen LogP contribution in [0, 0.1) is 0 Å². The maximum atomic E-state index is 12.0. The third kappa shape index (κ3) is 21.4. The summed E-state index contributed by atoms with van der Waals surface area (Å²) in [6.45, 7) is 4.86. The average Bonchev–Trinajstić information content (AvgIpc) is 3.62. The SMILES string of the molecule is CC/C=C\C/C=C\C/C=C\C/C=C/C=C\C/C=C\CCC(=O)NCCOCCOCCNC(=O)CCCC[C@@H]1SC[C@@H]2NC(=O)N[C@@H]21. The Labute approximate surface area is 287 Å². The van der Waals surface area contributed by atoms with E-state index < -0.39 is 0 Å². The Bertz CT molecular complexity index is 1060. The lowest BCUT2D eigenvalue weighted by Gasteiger charge is -2.16. The van der Waals surface area contributed by atoms with E-state index in [4.69, 9.17) is 9.47 Å². The van der Waals surface area contributed by atoms with Crippen molar-refractivity contribution in [3.05, 3.63) is 72.9 Å². The summed E-state index contributed by atoms with van der Waals surface area (Å²) in [5, 5.41) is 12.2. The van der Waals surface area contributed by atoms with E-state index in [1.807, 2.05) is 17.8 Å². The van der Waals surface area contributed by atoms with Crippen molar-refractivity contribution in [3.63, 3.8) is 0 Å². The largest absolute Gasteiger partial charge is 0.377 e. The van der Waals surface area contributed by atoms with Gasteiger partial charge in [-0.1, -0.05) is 86.3 Å². The number of thioether (sulfide) groups is 1. The molecule has 47 heavy (non-hydrogen) atoms. The Morgan fingerprint density at radius 1 is 0.745 bits per heavy atom. The van der Waals surface area contributed by atoms with E-state index >= 15 is 0 Å². The predicted octanol–water partition coefficient (Wildman–Crippen LogP) is 6.07. The second-order valence-electron chi connectivity index (χ2n) is 11.4. The topological polar surface area (TPSA) is 118 Å². The Kier molecular flexibility index (Phi) is 23.9. The lowest BCUT2D eigenvalue weighted by atomic mass is 10.0. The summed E-state index contributed by atoms with van der Waals surface area (Å²) in [5.41, 5.74) is 0. The van der Waals surface area contributed by atoms with Crippen LogP contribution in [0.2, 0.25) is 0 Å². The molecule has 4 amide bonds. The van der Waals surface area contributed by atoms with E-state index in [-0.39, 0.29) is 29.9 Å². The third-order valence-corrected chi connectivity index (χ3v) is 9.01. The van der Waals surface area contributed by atoms with Crippen molar-refractivity contribution in [2.24, 2.45) is 0 Å². The lowest BCUT2D eigenvalue weighted by molar-refractivity contribution is -0.122. The number of amides is 4. The predicted molar refractivity (Wildman–Crippen MR) is 194 cm³/mol. The fourth-order valence-corrected chi connectivity index (χ4v) is 6.55. The van der Waals surface area contributed by atoms with Crippen molar-refractivity contribution in [2.45, 2.75) is 94.9 Å². The first-order valence-corrected chi connectivity index (χ1v) is 18.4. The van der Waals surface area contributed by atoms with E-state index in [1.54, 1.807) is 0 Å². The van der Waals surface area contributed by atoms with Gasteiger partial charge in [0.1, 0.15) is 0 Å². The molecule has 4 N–H and O–H groups in total. The number of carbonyl (C=O) groups is 3. The molecular formula is C37H58N4O5S. The molecule has 0 spiro atoms. The van der Waals surface area contributed by atoms with Crippen LogP contribution in [0.5, 0.6) is 0 Å². The van der Waals surface area contributed by atoms with Crippen LogP contribution in [0.1, 0.15) is 77.6 Å². The van der Waals surface area contributed by atoms with Crippen LogP contribution >= 0.6 is 11.8 Å². The number of unbranched alkanes of at least 4 members (excludes halogenated alkanes) is 1. The maximum absolute atomic E-state index is 12.0. The van der Waals surface area contributed by atoms with Crippen molar-refractivity contribution in [3.8, 4) is 0 Å². The molecule has 0 unspecified atom stereocenters. The van der Waals surface area contributed by atoms with Gasteiger partial charge in [0.2, 0.25) is 11.8 Å². The number of hydrogen-bond acceptors (Lipinski definition) is 6. The summed E-state index contributed by atoms with van der Waals surface area (Å²) >= 11 is 1.90. The first kappa shape index (κ1) is 40.1. The number of fused-ring (bicyclic) bond motifs is 1. The zero-order valence-corrected chi connectivity index (χ0v) is 29.2. The Morgan fingerprint density at radius 2 is 1.32 bits per heavy atom. The van der Waals surface area contributed by atoms with Crippen LogP contribution in [-0.2, 0) is 19.1 Å². The molecule has 2 rings (SSSR count). The van der Waals surface area contributed by atoms with Gasteiger partial charge >= 0.3 is 6.03 Å². The van der Waals surface area contributed by atoms with Crippen LogP contribution in [0.25, 0.3) is 0 Å². The molecule has 0 radical (unpaired) electrons. The molecule has 0 aromatic rings. The molecule has 2 fully saturated rings. The molecular weight excluding hydrogens is 612 g/mol. The van der Waals surface area contributed by atoms with Crippen LogP contribution in [0.4, 0.5) is 4.79 Å². The number of nitrogens with one attached hydrogen (secondary N) is 4. The van der Waals surface area contributed by atoms with E-state index in [9.17, 15) is 14.4 Å². The fraction of sp³-hybridized carbons (Fsp3) is 0.595. The number of rotatable bonds is 27. The van der Waals surface area contributed by atoms with Gasteiger partial charge in [-0.25, -0.2) is 4.79 Å². The molecule has 3 atom stereocenters. The van der Waals surface area contributed by atoms with Gasteiger partial charge in [0.15, 0.2) is 0 Å². The first-order valence-electron chi connectivity index (χ1n) is 17.4. The van der Waals surface area contributed by atoms with Gasteiger partial charge in [-0.2, -0.15) is 11.8 Å². The van der Waals surface area contributed by atoms with Gasteiger partial charge in [0.25, 0.3) is 0 Å². The molecule has 2 saturated heterocycles. The molecule has 2 heterocycles. The highest BCUT2D eigenvalue weighted by atomic mass is 32.2. The number of allylic oxidation sites excluding steroid dienone is 12. The quantitative estimate of drug-likeness (QED) is 0.0365. The molecule has 2 aliphatic rings. The van der Waals surface area contributed by atoms with Crippen LogP contribution in [-0.4, -0.2) is 80.4 Å². The number of urea groups is 1. The second kappa shape index (κ2) is 28.0. The average molecular weight is 671 g/mol. The van der Waals surface area contributed by atoms with Crippen molar-refractivity contribution in [1.82, 2.24) is 21.3 Å². The molecule has 10 heteroatoms. The smallest absolute Gasteiger partial charge is 0.315 e. The first-order chi connectivity index (χ1) is 23.1. The van der Waals surface area contributed by atoms with Gasteiger partial charge in [-0.05, 0) is 51.4 Å². The minimum Gasteiger partial charge on any atom is -0.377 e. The fourth-order valence-electron chi connectivity index (χ4n) is 5.00. The van der Waals surface area contributed by atoms with Crippen molar-refractivity contribution < 1.29 is 23.9 Å². The van der Waals surface area contributed by atoms with Gasteiger partial charge in [-0.3, -0.25) is 9.59 Å². The summed E-state index contributed by atoms with van der Waals surface area (Å²) in [4.78, 5) is 35.5. The number of ether oxygens (including phenoxy) is 2. The second-order valence-corrected chi connectivity index (χ2v) is 12.7. The summed E-state index contributed by atoms with van der Waals surface area (Å²) in [5.74, 6) is 1.02. The van der Waals surface area contributed by atoms with Crippen molar-refractivity contribution in [1.29, 1.82) is 0 Å². The van der Waals surface area contributed by atoms with Crippen LogP contribution < -0.4 is 21.3 Å². The van der Waals surface area contributed by atoms with Crippen LogP contribution in [0.3, 0.4) is 0 Å². The normalized spacial score (nSPS) is 19.6. The Balaban J connectivity index is 1.29. The molecule has 9 nitrogen and oxygen atoms in total. The summed E-state index contributed by atoms with van der Waals surface area (Å²) < 4.78 is 11.0. The molecule has 0 saturated carbocycles. The van der Waals surface area contributed by atoms with Crippen molar-refractivity contribution in [2.75, 3.05) is 45.3 Å². The highest BCUT2D eigenvalue weighted by molar-refractivity contribution is 8.00. The number of carbonyl (C=O) groups excluding carboxylic acids is 3. The molecule has 2 aliphatic heterocycles. The minimum atomic E-state index is -0.0596. The van der Waals surface area contributed by atoms with Gasteiger partial charge in [0.05, 0.1) is 38.5 Å². The van der Waals surface area contributed by atoms with E-state index in [1.165, 1.54) is 0 Å². The molecule has 262 valence electrons. The summed E-state index contributed by atoms with van der Waals surface area (Å²) in [7, 11) is 0. The number of hydrogen-bond donors (Lipinski definition) is 4. The van der Waals surface area contributed by atoms with Gasteiger partial charge < -0.3 is 30.7 Å². The summed E-state index contributed by atoms with van der Waals surface area (Å²) in [6, 6.07) is 0.410. The lowest BCUT2D eigenvalue weighted by Crippen LogP contribution is -2.36. The van der Waals surface area contributed by atoms with E-state index in [0.29, 0.717) is 64.0 Å². The molecule has 0 aromatic carbocycles. The van der Waals surface area contributed by atoms with Crippen molar-refractivity contribution >= 4 is 29.6 Å².